The molecule has 1 aliphatic rings. The quantitative estimate of drug-likeness (QED) is 0.874. The Hall–Kier alpha value is -0.860. The molecule has 1 aromatic rings. The van der Waals surface area contributed by atoms with Crippen LogP contribution in [-0.2, 0) is 0 Å². The van der Waals surface area contributed by atoms with Crippen LogP contribution in [0.1, 0.15) is 49.1 Å². The standard InChI is InChI=1S/C17H28N2/c1-4-14(13-18-2)16-6-5-7-17(12-16)15-8-10-19(3)11-9-15/h5-7,12,14-15,18H,4,8-11,13H2,1-3H3. The molecule has 0 amide bonds. The summed E-state index contributed by atoms with van der Waals surface area (Å²) < 4.78 is 0. The number of piperidine rings is 1. The van der Waals surface area contributed by atoms with Crippen LogP contribution in [0.3, 0.4) is 0 Å². The summed E-state index contributed by atoms with van der Waals surface area (Å²) in [5.74, 6) is 1.42. The van der Waals surface area contributed by atoms with Crippen molar-refractivity contribution in [3.05, 3.63) is 35.4 Å². The van der Waals surface area contributed by atoms with Crippen molar-refractivity contribution in [1.29, 1.82) is 0 Å². The van der Waals surface area contributed by atoms with E-state index in [4.69, 9.17) is 0 Å². The van der Waals surface area contributed by atoms with E-state index >= 15 is 0 Å². The van der Waals surface area contributed by atoms with Gasteiger partial charge in [-0.05, 0) is 69.4 Å². The Morgan fingerprint density at radius 2 is 2.05 bits per heavy atom. The van der Waals surface area contributed by atoms with Gasteiger partial charge in [0.25, 0.3) is 0 Å². The second-order valence-corrected chi connectivity index (χ2v) is 5.91. The van der Waals surface area contributed by atoms with Crippen LogP contribution >= 0.6 is 0 Å². The number of benzene rings is 1. The number of nitrogens with zero attached hydrogens (tertiary/aromatic N) is 1. The third-order valence-corrected chi connectivity index (χ3v) is 4.52. The average Bonchev–Trinajstić information content (AvgIpc) is 2.45. The Morgan fingerprint density at radius 3 is 2.68 bits per heavy atom. The number of hydrogen-bond donors (Lipinski definition) is 1. The van der Waals surface area contributed by atoms with Crippen molar-refractivity contribution in [2.24, 2.45) is 0 Å². The van der Waals surface area contributed by atoms with Crippen LogP contribution in [0.5, 0.6) is 0 Å². The first-order valence-corrected chi connectivity index (χ1v) is 7.67. The highest BCUT2D eigenvalue weighted by atomic mass is 15.1. The van der Waals surface area contributed by atoms with Gasteiger partial charge >= 0.3 is 0 Å². The summed E-state index contributed by atoms with van der Waals surface area (Å²) in [6, 6.07) is 9.33. The molecule has 1 aliphatic heterocycles. The number of rotatable bonds is 5. The van der Waals surface area contributed by atoms with E-state index in [0.717, 1.165) is 12.5 Å². The highest BCUT2D eigenvalue weighted by molar-refractivity contribution is 5.29. The van der Waals surface area contributed by atoms with E-state index in [1.54, 1.807) is 5.56 Å². The maximum Gasteiger partial charge on any atom is 0.00170 e. The van der Waals surface area contributed by atoms with Gasteiger partial charge in [0.15, 0.2) is 0 Å². The van der Waals surface area contributed by atoms with Crippen molar-refractivity contribution >= 4 is 0 Å². The lowest BCUT2D eigenvalue weighted by atomic mass is 9.86. The van der Waals surface area contributed by atoms with Gasteiger partial charge in [-0.2, -0.15) is 0 Å². The lowest BCUT2D eigenvalue weighted by Gasteiger charge is -2.29. The second kappa shape index (κ2) is 7.06. The van der Waals surface area contributed by atoms with E-state index in [-0.39, 0.29) is 0 Å². The molecule has 2 rings (SSSR count). The maximum atomic E-state index is 3.32. The molecule has 1 unspecified atom stereocenters. The predicted molar refractivity (Wildman–Crippen MR) is 82.9 cm³/mol. The summed E-state index contributed by atoms with van der Waals surface area (Å²) >= 11 is 0. The van der Waals surface area contributed by atoms with Gasteiger partial charge < -0.3 is 10.2 Å². The molecule has 0 bridgehead atoms. The van der Waals surface area contributed by atoms with Gasteiger partial charge in [-0.25, -0.2) is 0 Å². The summed E-state index contributed by atoms with van der Waals surface area (Å²) in [6.45, 7) is 5.84. The molecule has 1 aromatic carbocycles. The Bertz CT molecular complexity index is 381. The molecule has 106 valence electrons. The molecule has 1 N–H and O–H groups in total. The Balaban J connectivity index is 2.10. The molecule has 0 aromatic heterocycles. The van der Waals surface area contributed by atoms with E-state index in [0.29, 0.717) is 5.92 Å². The molecule has 0 saturated carbocycles. The number of hydrogen-bond acceptors (Lipinski definition) is 2. The summed E-state index contributed by atoms with van der Waals surface area (Å²) in [7, 11) is 4.27. The zero-order valence-corrected chi connectivity index (χ0v) is 12.7. The predicted octanol–water partition coefficient (Wildman–Crippen LogP) is 3.21. The van der Waals surface area contributed by atoms with Crippen LogP contribution < -0.4 is 5.32 Å². The molecule has 1 atom stereocenters. The summed E-state index contributed by atoms with van der Waals surface area (Å²) in [5, 5.41) is 3.32. The van der Waals surface area contributed by atoms with E-state index in [2.05, 4.69) is 48.5 Å². The molecule has 19 heavy (non-hydrogen) atoms. The molecule has 2 nitrogen and oxygen atoms in total. The fourth-order valence-corrected chi connectivity index (χ4v) is 3.15. The summed E-state index contributed by atoms with van der Waals surface area (Å²) in [6.07, 6.45) is 3.82. The van der Waals surface area contributed by atoms with Crippen molar-refractivity contribution in [3.63, 3.8) is 0 Å². The topological polar surface area (TPSA) is 15.3 Å². The van der Waals surface area contributed by atoms with Gasteiger partial charge in [0, 0.05) is 6.54 Å². The first-order valence-electron chi connectivity index (χ1n) is 7.67. The van der Waals surface area contributed by atoms with Gasteiger partial charge in [-0.15, -0.1) is 0 Å². The fourth-order valence-electron chi connectivity index (χ4n) is 3.15. The zero-order chi connectivity index (χ0) is 13.7. The molecular formula is C17H28N2. The number of likely N-dealkylation sites (tertiary alicyclic amines) is 1. The molecule has 0 aliphatic carbocycles. The van der Waals surface area contributed by atoms with Gasteiger partial charge in [-0.3, -0.25) is 0 Å². The van der Waals surface area contributed by atoms with Crippen LogP contribution in [0.25, 0.3) is 0 Å². The van der Waals surface area contributed by atoms with Crippen LogP contribution in [0.4, 0.5) is 0 Å². The monoisotopic (exact) mass is 260 g/mol. The number of nitrogens with one attached hydrogen (secondary N) is 1. The van der Waals surface area contributed by atoms with Crippen LogP contribution in [0, 0.1) is 0 Å². The smallest absolute Gasteiger partial charge is 0.00170 e. The van der Waals surface area contributed by atoms with Gasteiger partial charge in [0.2, 0.25) is 0 Å². The van der Waals surface area contributed by atoms with Crippen LogP contribution in [0.2, 0.25) is 0 Å². The van der Waals surface area contributed by atoms with Crippen molar-refractivity contribution in [2.45, 2.75) is 38.0 Å². The third kappa shape index (κ3) is 3.80. The van der Waals surface area contributed by atoms with Crippen LogP contribution in [0.15, 0.2) is 24.3 Å². The molecule has 1 heterocycles. The minimum Gasteiger partial charge on any atom is -0.319 e. The van der Waals surface area contributed by atoms with Crippen molar-refractivity contribution in [1.82, 2.24) is 10.2 Å². The number of likely N-dealkylation sites (N-methyl/N-ethyl adjacent to an activating group) is 1. The van der Waals surface area contributed by atoms with Gasteiger partial charge in [-0.1, -0.05) is 31.2 Å². The summed E-state index contributed by atoms with van der Waals surface area (Å²) in [4.78, 5) is 2.44. The first kappa shape index (κ1) is 14.5. The van der Waals surface area contributed by atoms with E-state index in [9.17, 15) is 0 Å². The lowest BCUT2D eigenvalue weighted by molar-refractivity contribution is 0.255. The molecule has 1 saturated heterocycles. The van der Waals surface area contributed by atoms with E-state index in [1.807, 2.05) is 7.05 Å². The maximum absolute atomic E-state index is 3.32. The average molecular weight is 260 g/mol. The Morgan fingerprint density at radius 1 is 1.32 bits per heavy atom. The zero-order valence-electron chi connectivity index (χ0n) is 12.7. The van der Waals surface area contributed by atoms with Crippen molar-refractivity contribution in [3.8, 4) is 0 Å². The minimum atomic E-state index is 0.649. The third-order valence-electron chi connectivity index (χ3n) is 4.52. The van der Waals surface area contributed by atoms with Crippen molar-refractivity contribution in [2.75, 3.05) is 33.7 Å². The van der Waals surface area contributed by atoms with Gasteiger partial charge in [0.1, 0.15) is 0 Å². The largest absolute Gasteiger partial charge is 0.319 e. The first-order chi connectivity index (χ1) is 9.24. The molecule has 0 spiro atoms. The van der Waals surface area contributed by atoms with Crippen molar-refractivity contribution < 1.29 is 0 Å². The lowest BCUT2D eigenvalue weighted by Crippen LogP contribution is -2.29. The Kier molecular flexibility index (Phi) is 5.41. The van der Waals surface area contributed by atoms with E-state index < -0.39 is 0 Å². The SMILES string of the molecule is CCC(CNC)c1cccc(C2CCN(C)CC2)c1. The second-order valence-electron chi connectivity index (χ2n) is 5.91. The molecule has 0 radical (unpaired) electrons. The van der Waals surface area contributed by atoms with Crippen LogP contribution in [-0.4, -0.2) is 38.6 Å². The van der Waals surface area contributed by atoms with Gasteiger partial charge in [0.05, 0.1) is 0 Å². The Labute approximate surface area is 118 Å². The summed E-state index contributed by atoms with van der Waals surface area (Å²) in [5.41, 5.74) is 3.06. The fraction of sp³-hybridized carbons (Fsp3) is 0.647. The minimum absolute atomic E-state index is 0.649. The van der Waals surface area contributed by atoms with E-state index in [1.165, 1.54) is 37.9 Å². The molecule has 2 heteroatoms. The highest BCUT2D eigenvalue weighted by Gasteiger charge is 2.19. The molecular weight excluding hydrogens is 232 g/mol. The molecule has 1 fully saturated rings. The normalized spacial score (nSPS) is 19.5. The highest BCUT2D eigenvalue weighted by Crippen LogP contribution is 2.30.